The zero-order valence-electron chi connectivity index (χ0n) is 9.51. The van der Waals surface area contributed by atoms with Crippen LogP contribution in [0.1, 0.15) is 12.8 Å². The molecule has 0 aromatic heterocycles. The number of hydrogen-bond acceptors (Lipinski definition) is 3. The van der Waals surface area contributed by atoms with Gasteiger partial charge in [0, 0.05) is 12.6 Å². The fraction of sp³-hybridized carbons (Fsp3) is 0.455. The summed E-state index contributed by atoms with van der Waals surface area (Å²) in [5.41, 5.74) is 0. The molecule has 0 unspecified atom stereocenters. The lowest BCUT2D eigenvalue weighted by atomic mass is 10.2. The van der Waals surface area contributed by atoms with Gasteiger partial charge in [0.25, 0.3) is 0 Å². The van der Waals surface area contributed by atoms with Crippen molar-refractivity contribution in [2.24, 2.45) is 0 Å². The SMILES string of the molecule is O=S(=O)(c1ccc(Cl)c(Cl)c1)N1CCC[C@H]1CO. The molecule has 4 nitrogen and oxygen atoms in total. The van der Waals surface area contributed by atoms with E-state index in [-0.39, 0.29) is 22.6 Å². The molecule has 1 saturated heterocycles. The maximum Gasteiger partial charge on any atom is 0.243 e. The fourth-order valence-electron chi connectivity index (χ4n) is 2.08. The molecule has 0 bridgehead atoms. The second kappa shape index (κ2) is 5.35. The average molecular weight is 310 g/mol. The van der Waals surface area contributed by atoms with E-state index < -0.39 is 10.0 Å². The molecule has 100 valence electrons. The van der Waals surface area contributed by atoms with Crippen molar-refractivity contribution in [3.8, 4) is 0 Å². The van der Waals surface area contributed by atoms with Crippen molar-refractivity contribution in [2.75, 3.05) is 13.2 Å². The number of aliphatic hydroxyl groups is 1. The van der Waals surface area contributed by atoms with Crippen molar-refractivity contribution >= 4 is 33.2 Å². The minimum atomic E-state index is -3.61. The molecular weight excluding hydrogens is 297 g/mol. The Hall–Kier alpha value is -0.330. The van der Waals surface area contributed by atoms with E-state index in [2.05, 4.69) is 0 Å². The molecule has 0 saturated carbocycles. The average Bonchev–Trinajstić information content (AvgIpc) is 2.81. The molecule has 0 amide bonds. The molecule has 1 N–H and O–H groups in total. The van der Waals surface area contributed by atoms with Crippen molar-refractivity contribution in [3.05, 3.63) is 28.2 Å². The van der Waals surface area contributed by atoms with Gasteiger partial charge >= 0.3 is 0 Å². The van der Waals surface area contributed by atoms with Crippen LogP contribution in [-0.4, -0.2) is 37.0 Å². The van der Waals surface area contributed by atoms with E-state index >= 15 is 0 Å². The standard InChI is InChI=1S/C11H13Cl2NO3S/c12-10-4-3-9(6-11(10)13)18(16,17)14-5-1-2-8(14)7-15/h3-4,6,8,15H,1-2,5,7H2/t8-/m0/s1. The molecule has 2 rings (SSSR count). The minimum Gasteiger partial charge on any atom is -0.395 e. The van der Waals surface area contributed by atoms with Gasteiger partial charge in [-0.15, -0.1) is 0 Å². The second-order valence-electron chi connectivity index (χ2n) is 4.17. The van der Waals surface area contributed by atoms with Crippen molar-refractivity contribution in [1.82, 2.24) is 4.31 Å². The Labute approximate surface area is 116 Å². The smallest absolute Gasteiger partial charge is 0.243 e. The predicted octanol–water partition coefficient (Wildman–Crippen LogP) is 2.14. The van der Waals surface area contributed by atoms with Gasteiger partial charge in [-0.3, -0.25) is 0 Å². The van der Waals surface area contributed by atoms with E-state index in [0.29, 0.717) is 18.0 Å². The van der Waals surface area contributed by atoms with E-state index in [9.17, 15) is 13.5 Å². The molecular formula is C11H13Cl2NO3S. The van der Waals surface area contributed by atoms with Crippen LogP contribution in [0.4, 0.5) is 0 Å². The van der Waals surface area contributed by atoms with Gasteiger partial charge in [0.2, 0.25) is 10.0 Å². The molecule has 1 aliphatic heterocycles. The first-order valence-electron chi connectivity index (χ1n) is 5.54. The van der Waals surface area contributed by atoms with Crippen molar-refractivity contribution in [2.45, 2.75) is 23.8 Å². The summed E-state index contributed by atoms with van der Waals surface area (Å²) in [6.07, 6.45) is 1.43. The van der Waals surface area contributed by atoms with E-state index in [4.69, 9.17) is 23.2 Å². The number of benzene rings is 1. The summed E-state index contributed by atoms with van der Waals surface area (Å²) in [7, 11) is -3.61. The molecule has 1 heterocycles. The van der Waals surface area contributed by atoms with Crippen molar-refractivity contribution in [3.63, 3.8) is 0 Å². The Morgan fingerprint density at radius 3 is 2.67 bits per heavy atom. The third-order valence-corrected chi connectivity index (χ3v) is 5.72. The molecule has 0 aliphatic carbocycles. The quantitative estimate of drug-likeness (QED) is 0.930. The first kappa shape index (κ1) is 14.1. The summed E-state index contributed by atoms with van der Waals surface area (Å²) < 4.78 is 26.1. The summed E-state index contributed by atoms with van der Waals surface area (Å²) in [5, 5.41) is 9.71. The second-order valence-corrected chi connectivity index (χ2v) is 6.88. The molecule has 1 aliphatic rings. The normalized spacial score (nSPS) is 21.4. The lowest BCUT2D eigenvalue weighted by molar-refractivity contribution is 0.213. The zero-order valence-corrected chi connectivity index (χ0v) is 11.8. The van der Waals surface area contributed by atoms with Crippen LogP contribution in [0.3, 0.4) is 0 Å². The predicted molar refractivity (Wildman–Crippen MR) is 70.5 cm³/mol. The maximum atomic E-state index is 12.4. The Balaban J connectivity index is 2.38. The summed E-state index contributed by atoms with van der Waals surface area (Å²) >= 11 is 11.6. The van der Waals surface area contributed by atoms with Gasteiger partial charge in [-0.1, -0.05) is 23.2 Å². The first-order chi connectivity index (χ1) is 8.46. The monoisotopic (exact) mass is 309 g/mol. The Morgan fingerprint density at radius 1 is 1.33 bits per heavy atom. The summed E-state index contributed by atoms with van der Waals surface area (Å²) in [6, 6.07) is 3.88. The number of hydrogen-bond donors (Lipinski definition) is 1. The van der Waals surface area contributed by atoms with Gasteiger partial charge in [-0.25, -0.2) is 8.42 Å². The first-order valence-corrected chi connectivity index (χ1v) is 7.74. The molecule has 1 aromatic carbocycles. The van der Waals surface area contributed by atoms with Crippen LogP contribution in [0.15, 0.2) is 23.1 Å². The summed E-state index contributed by atoms with van der Waals surface area (Å²) in [5.74, 6) is 0. The highest BCUT2D eigenvalue weighted by Crippen LogP contribution is 2.29. The van der Waals surface area contributed by atoms with Gasteiger partial charge in [-0.05, 0) is 31.0 Å². The highest BCUT2D eigenvalue weighted by Gasteiger charge is 2.34. The summed E-state index contributed by atoms with van der Waals surface area (Å²) in [4.78, 5) is 0.109. The highest BCUT2D eigenvalue weighted by molar-refractivity contribution is 7.89. The topological polar surface area (TPSA) is 57.6 Å². The molecule has 18 heavy (non-hydrogen) atoms. The number of sulfonamides is 1. The lowest BCUT2D eigenvalue weighted by Gasteiger charge is -2.22. The Kier molecular flexibility index (Phi) is 4.18. The molecule has 0 spiro atoms. The molecule has 7 heteroatoms. The van der Waals surface area contributed by atoms with Crippen LogP contribution in [0.2, 0.25) is 10.0 Å². The van der Waals surface area contributed by atoms with Gasteiger partial charge < -0.3 is 5.11 Å². The number of nitrogens with zero attached hydrogens (tertiary/aromatic N) is 1. The third kappa shape index (κ3) is 2.51. The number of aliphatic hydroxyl groups excluding tert-OH is 1. The van der Waals surface area contributed by atoms with Gasteiger partial charge in [0.1, 0.15) is 0 Å². The van der Waals surface area contributed by atoms with Crippen LogP contribution >= 0.6 is 23.2 Å². The third-order valence-electron chi connectivity index (χ3n) is 3.03. The highest BCUT2D eigenvalue weighted by atomic mass is 35.5. The summed E-state index contributed by atoms with van der Waals surface area (Å²) in [6.45, 7) is 0.258. The number of rotatable bonds is 3. The zero-order chi connectivity index (χ0) is 13.3. The van der Waals surface area contributed by atoms with Crippen LogP contribution in [0.25, 0.3) is 0 Å². The van der Waals surface area contributed by atoms with E-state index in [0.717, 1.165) is 6.42 Å². The Bertz CT molecular complexity index is 547. The molecule has 1 aromatic rings. The van der Waals surface area contributed by atoms with E-state index in [1.54, 1.807) is 0 Å². The molecule has 0 radical (unpaired) electrons. The largest absolute Gasteiger partial charge is 0.395 e. The van der Waals surface area contributed by atoms with E-state index in [1.165, 1.54) is 22.5 Å². The number of halogens is 2. The van der Waals surface area contributed by atoms with Crippen molar-refractivity contribution in [1.29, 1.82) is 0 Å². The van der Waals surface area contributed by atoms with Gasteiger partial charge in [0.15, 0.2) is 0 Å². The van der Waals surface area contributed by atoms with E-state index in [1.807, 2.05) is 0 Å². The van der Waals surface area contributed by atoms with Crippen LogP contribution in [0.5, 0.6) is 0 Å². The van der Waals surface area contributed by atoms with Crippen LogP contribution < -0.4 is 0 Å². The van der Waals surface area contributed by atoms with Gasteiger partial charge in [-0.2, -0.15) is 4.31 Å². The van der Waals surface area contributed by atoms with Crippen molar-refractivity contribution < 1.29 is 13.5 Å². The molecule has 1 fully saturated rings. The Morgan fingerprint density at radius 2 is 2.06 bits per heavy atom. The lowest BCUT2D eigenvalue weighted by Crippen LogP contribution is -2.37. The minimum absolute atomic E-state index is 0.109. The fourth-order valence-corrected chi connectivity index (χ4v) is 4.16. The molecule has 1 atom stereocenters. The van der Waals surface area contributed by atoms with Crippen LogP contribution in [0, 0.1) is 0 Å². The maximum absolute atomic E-state index is 12.4. The van der Waals surface area contributed by atoms with Gasteiger partial charge in [0.05, 0.1) is 21.5 Å². The van der Waals surface area contributed by atoms with Crippen LogP contribution in [-0.2, 0) is 10.0 Å².